The maximum Gasteiger partial charge on any atom is 0.338 e. The fraction of sp³-hybridized carbons (Fsp3) is 0.768. The van der Waals surface area contributed by atoms with E-state index in [1.807, 2.05) is 6.08 Å². The van der Waals surface area contributed by atoms with Crippen molar-refractivity contribution in [1.29, 1.82) is 0 Å². The Balaban J connectivity index is 1.51. The maximum atomic E-state index is 14.6. The summed E-state index contributed by atoms with van der Waals surface area (Å²) < 4.78 is 143. The maximum absolute atomic E-state index is 14.6. The normalized spacial score (nSPS) is 28.1. The van der Waals surface area contributed by atoms with Crippen LogP contribution in [-0.4, -0.2) is 287 Å². The summed E-state index contributed by atoms with van der Waals surface area (Å²) in [6.45, 7) is 16.1. The summed E-state index contributed by atoms with van der Waals surface area (Å²) in [5.74, 6) is -14.7. The van der Waals surface area contributed by atoms with Gasteiger partial charge in [0.25, 0.3) is 0 Å². The number of benzene rings is 1. The molecule has 0 unspecified atom stereocenters. The number of allylic oxidation sites excluding steroid dienone is 1. The zero-order valence-electron chi connectivity index (χ0n) is 84.2. The lowest BCUT2D eigenvalue weighted by atomic mass is 9.93. The molecule has 1 aromatic carbocycles. The van der Waals surface area contributed by atoms with Crippen LogP contribution in [0.1, 0.15) is 308 Å². The number of aliphatic hydroxyl groups excluding tert-OH is 1. The summed E-state index contributed by atoms with van der Waals surface area (Å²) in [6.07, 6.45) is -15.7. The molecule has 0 aromatic heterocycles. The van der Waals surface area contributed by atoms with Gasteiger partial charge in [-0.3, -0.25) is 67.1 Å². The largest absolute Gasteiger partial charge is 0.463 e. The molecule has 5 heterocycles. The zero-order valence-corrected chi connectivity index (χ0v) is 84.2. The highest BCUT2D eigenvalue weighted by atomic mass is 16.8. The van der Waals surface area contributed by atoms with E-state index in [0.29, 0.717) is 12.8 Å². The smallest absolute Gasteiger partial charge is 0.338 e. The van der Waals surface area contributed by atoms with Crippen molar-refractivity contribution in [3.05, 3.63) is 48.0 Å². The highest BCUT2D eigenvalue weighted by Gasteiger charge is 2.63. The van der Waals surface area contributed by atoms with Crippen molar-refractivity contribution < 1.29 is 186 Å². The molecule has 41 nitrogen and oxygen atoms in total. The molecular formula is C99H152N2O39. The first-order chi connectivity index (χ1) is 66.7. The fourth-order valence-corrected chi connectivity index (χ4v) is 17.5. The summed E-state index contributed by atoms with van der Waals surface area (Å²) in [6, 6.07) is 4.74. The van der Waals surface area contributed by atoms with E-state index in [2.05, 4.69) is 24.5 Å². The van der Waals surface area contributed by atoms with Gasteiger partial charge < -0.3 is 125 Å². The molecule has 5 aliphatic rings. The predicted octanol–water partition coefficient (Wildman–Crippen LogP) is 10.4. The van der Waals surface area contributed by atoms with Crippen molar-refractivity contribution in [3.8, 4) is 0 Å². The van der Waals surface area contributed by atoms with E-state index >= 15 is 0 Å². The molecule has 792 valence electrons. The van der Waals surface area contributed by atoms with Gasteiger partial charge in [-0.1, -0.05) is 192 Å². The second-order valence-corrected chi connectivity index (χ2v) is 35.9. The van der Waals surface area contributed by atoms with E-state index in [1.165, 1.54) is 97.3 Å². The number of hydrogen-bond acceptors (Lipinski definition) is 39. The van der Waals surface area contributed by atoms with Gasteiger partial charge in [0.15, 0.2) is 92.5 Å². The Morgan fingerprint density at radius 3 is 1.09 bits per heavy atom. The molecule has 5 fully saturated rings. The minimum Gasteiger partial charge on any atom is -0.463 e. The van der Waals surface area contributed by atoms with Crippen LogP contribution in [0.15, 0.2) is 42.5 Å². The molecule has 140 heavy (non-hydrogen) atoms. The lowest BCUT2D eigenvalue weighted by molar-refractivity contribution is -0.391. The second-order valence-electron chi connectivity index (χ2n) is 35.9. The Labute approximate surface area is 820 Å². The van der Waals surface area contributed by atoms with E-state index in [4.69, 9.17) is 109 Å². The number of amides is 2. The van der Waals surface area contributed by atoms with Gasteiger partial charge in [0.2, 0.25) is 11.8 Å². The molecule has 0 spiro atoms. The van der Waals surface area contributed by atoms with E-state index in [9.17, 15) is 77.0 Å². The average Bonchev–Trinajstić information content (AvgIpc) is 0.746. The van der Waals surface area contributed by atoms with Crippen molar-refractivity contribution in [1.82, 2.24) is 10.6 Å². The Kier molecular flexibility index (Phi) is 54.1. The number of carbonyl (C=O) groups is 15. The van der Waals surface area contributed by atoms with Crippen LogP contribution in [0.4, 0.5) is 0 Å². The van der Waals surface area contributed by atoms with Crippen LogP contribution in [0.5, 0.6) is 0 Å². The molecule has 0 bridgehead atoms. The third-order valence-corrected chi connectivity index (χ3v) is 23.7. The first kappa shape index (κ1) is 119. The molecule has 0 aliphatic carbocycles. The monoisotopic (exact) mass is 1990 g/mol. The van der Waals surface area contributed by atoms with Crippen LogP contribution in [0, 0.1) is 0 Å². The summed E-state index contributed by atoms with van der Waals surface area (Å²) in [5.41, 5.74) is 0.165. The number of rotatable bonds is 60. The Hall–Kier alpha value is -9.43. The van der Waals surface area contributed by atoms with Gasteiger partial charge >= 0.3 is 77.6 Å². The lowest BCUT2D eigenvalue weighted by Gasteiger charge is -2.52. The Bertz CT molecular complexity index is 4060. The molecule has 5 saturated heterocycles. The number of esters is 13. The third kappa shape index (κ3) is 41.9. The molecular weight excluding hydrogens is 1840 g/mol. The highest BCUT2D eigenvalue weighted by molar-refractivity contribution is 5.89. The minimum atomic E-state index is -2.33. The molecule has 0 radical (unpaired) electrons. The quantitative estimate of drug-likeness (QED) is 0.0236. The van der Waals surface area contributed by atoms with Crippen LogP contribution in [0.2, 0.25) is 0 Å². The van der Waals surface area contributed by atoms with E-state index in [1.54, 1.807) is 36.4 Å². The molecule has 3 N–H and O–H groups in total. The van der Waals surface area contributed by atoms with Gasteiger partial charge in [0.05, 0.1) is 37.0 Å². The number of aliphatic hydroxyl groups is 1. The minimum absolute atomic E-state index is 0.0334. The van der Waals surface area contributed by atoms with Crippen LogP contribution in [-0.2, 0) is 176 Å². The molecule has 6 rings (SSSR count). The standard InChI is InChI=1S/C99H152N2O39/c1-18-20-22-24-26-28-30-32-33-35-37-39-41-43-48-52-78(116)101-73(74(133-94(117)72-49-45-44-46-50-72)51-47-42-40-38-36-34-31-29-27-25-23-21-19-2)54-120-96-90(129-68(14)112)88(128-67(13)111)84(77(135-96)56-119-61(7)105)138-99-93(132-71(17)115)89(83(125-64(10)108)76(136-99)55-118-60(6)104)140-95-79(100-59(5)103)85(139-98-92(131-70(16)114)87(127-66(12)110)81(58(4)122-98)124-63(9)107)82(75(53-102)134-95)137-97-91(130-69(15)113)86(126-65(11)109)80(57(3)121-97)123-62(8)106/h44-47,49-51,57-58,73-77,79-93,95-99,102H,18-43,48,52-56H2,1-17H3,(H,100,103)(H,101,116)/b51-47+/t57-,58+,73+,74-,75-,76-,77-,79-,80+,81-,82-,83+,84-,85-,86+,87-,88+,89+,90-,91-,92+,93-,95+,96-,97+,98+,99+/m1/s1. The first-order valence-corrected chi connectivity index (χ1v) is 49.3. The van der Waals surface area contributed by atoms with Gasteiger partial charge in [-0.15, -0.1) is 0 Å². The molecule has 5 aliphatic heterocycles. The van der Waals surface area contributed by atoms with Gasteiger partial charge in [-0.2, -0.15) is 0 Å². The van der Waals surface area contributed by atoms with E-state index in [-0.39, 0.29) is 12.0 Å². The van der Waals surface area contributed by atoms with Gasteiger partial charge in [-0.25, -0.2) is 4.79 Å². The molecule has 27 atom stereocenters. The number of carbonyl (C=O) groups excluding carboxylic acids is 15. The average molecular weight is 1990 g/mol. The highest BCUT2D eigenvalue weighted by Crippen LogP contribution is 2.42. The number of unbranched alkanes of at least 4 members (excludes halogenated alkanes) is 25. The van der Waals surface area contributed by atoms with Gasteiger partial charge in [0.1, 0.15) is 68.1 Å². The van der Waals surface area contributed by atoms with Gasteiger partial charge in [0, 0.05) is 96.4 Å². The molecule has 0 saturated carbocycles. The summed E-state index contributed by atoms with van der Waals surface area (Å²) in [7, 11) is 0. The van der Waals surface area contributed by atoms with Crippen LogP contribution in [0.3, 0.4) is 0 Å². The summed E-state index contributed by atoms with van der Waals surface area (Å²) in [4.78, 5) is 204. The van der Waals surface area contributed by atoms with E-state index < -0.39 is 281 Å². The van der Waals surface area contributed by atoms with Gasteiger partial charge in [-0.05, 0) is 51.3 Å². The van der Waals surface area contributed by atoms with Crippen molar-refractivity contribution in [2.75, 3.05) is 26.4 Å². The summed E-state index contributed by atoms with van der Waals surface area (Å²) >= 11 is 0. The number of nitrogens with one attached hydrogen (secondary N) is 2. The topological polar surface area (TPSA) is 513 Å². The Morgan fingerprint density at radius 1 is 0.350 bits per heavy atom. The fourth-order valence-electron chi connectivity index (χ4n) is 17.5. The van der Waals surface area contributed by atoms with Crippen molar-refractivity contribution in [2.45, 2.75) is 463 Å². The SMILES string of the molecule is CCCCCCCCCCCCC/C=C/[C@@H](OC(=O)c1ccccc1)[C@H](CO[C@@H]1O[C@H](COC(C)=O)[C@@H](O[C@@H]2O[C@H](COC(C)=O)[C@H](OC(C)=O)[C@H](O[C@@H]3O[C@H](CO)[C@@H](O[C@@H]4O[C@H](C)[C@H](OC(C)=O)[C@H](OC(C)=O)[C@H]4OC(C)=O)[C@H](O[C@@H]4O[C@@H](C)[C@@H](OC(C)=O)[C@@H](OC(C)=O)[C@@H]4OC(C)=O)[C@H]3NC(C)=O)[C@H]2OC(C)=O)[C@H](OC(C)=O)[C@H]1OC(C)=O)NC(=O)CCCCCCCCCCCCCCCCC. The van der Waals surface area contributed by atoms with Crippen molar-refractivity contribution in [2.24, 2.45) is 0 Å². The van der Waals surface area contributed by atoms with Crippen molar-refractivity contribution >= 4 is 89.4 Å². The first-order valence-electron chi connectivity index (χ1n) is 49.3. The van der Waals surface area contributed by atoms with Crippen LogP contribution >= 0.6 is 0 Å². The number of hydrogen-bond donors (Lipinski definition) is 3. The van der Waals surface area contributed by atoms with E-state index in [0.717, 1.165) is 167 Å². The zero-order chi connectivity index (χ0) is 103. The lowest BCUT2D eigenvalue weighted by Crippen LogP contribution is -2.72. The van der Waals surface area contributed by atoms with Crippen LogP contribution < -0.4 is 10.6 Å². The molecule has 2 amide bonds. The number of ether oxygens (including phenoxy) is 23. The molecule has 1 aromatic rings. The molecule has 41 heteroatoms. The van der Waals surface area contributed by atoms with Crippen LogP contribution in [0.25, 0.3) is 0 Å². The third-order valence-electron chi connectivity index (χ3n) is 23.7. The Morgan fingerprint density at radius 2 is 0.679 bits per heavy atom. The van der Waals surface area contributed by atoms with Crippen molar-refractivity contribution in [3.63, 3.8) is 0 Å². The summed E-state index contributed by atoms with van der Waals surface area (Å²) in [5, 5.41) is 17.6. The predicted molar refractivity (Wildman–Crippen MR) is 491 cm³/mol. The second kappa shape index (κ2) is 63.6.